The zero-order valence-electron chi connectivity index (χ0n) is 23.0. The van der Waals surface area contributed by atoms with E-state index in [0.717, 1.165) is 16.8 Å². The first-order valence-electron chi connectivity index (χ1n) is 13.3. The fourth-order valence-corrected chi connectivity index (χ4v) is 4.47. The molecule has 3 aromatic carbocycles. The molecule has 0 fully saturated rings. The first kappa shape index (κ1) is 28.6. The number of carbonyl (C=O) groups is 1. The van der Waals surface area contributed by atoms with Crippen LogP contribution in [-0.2, 0) is 17.5 Å². The molecule has 1 amide bonds. The van der Waals surface area contributed by atoms with E-state index in [1.54, 1.807) is 35.3 Å². The van der Waals surface area contributed by atoms with Crippen molar-refractivity contribution >= 4 is 5.91 Å². The lowest BCUT2D eigenvalue weighted by Crippen LogP contribution is -2.28. The minimum Gasteiger partial charge on any atom is -0.378 e. The largest absolute Gasteiger partial charge is 0.422 e. The van der Waals surface area contributed by atoms with Crippen LogP contribution in [0.15, 0.2) is 100 Å². The Bertz CT molecular complexity index is 1900. The number of aryl methyl sites for hydroxylation is 1. The minimum atomic E-state index is -4.81. The highest BCUT2D eigenvalue weighted by Crippen LogP contribution is 2.43. The van der Waals surface area contributed by atoms with Crippen molar-refractivity contribution in [2.45, 2.75) is 25.7 Å². The topological polar surface area (TPSA) is 132 Å². The summed E-state index contributed by atoms with van der Waals surface area (Å²) in [6.45, 7) is 2.14. The maximum atomic E-state index is 14.0. The molecule has 0 saturated carbocycles. The van der Waals surface area contributed by atoms with Crippen LogP contribution < -0.4 is 5.32 Å². The van der Waals surface area contributed by atoms with E-state index in [9.17, 15) is 23.1 Å². The third-order valence-electron chi connectivity index (χ3n) is 6.78. The Hall–Kier alpha value is -5.56. The summed E-state index contributed by atoms with van der Waals surface area (Å²) in [4.78, 5) is 16.7. The van der Waals surface area contributed by atoms with Crippen molar-refractivity contribution in [3.05, 3.63) is 114 Å². The second-order valence-electron chi connectivity index (χ2n) is 9.89. The van der Waals surface area contributed by atoms with E-state index in [1.165, 1.54) is 36.4 Å². The van der Waals surface area contributed by atoms with Gasteiger partial charge >= 0.3 is 6.18 Å². The number of hydrogen-bond acceptors (Lipinski definition) is 8. The predicted octanol–water partition coefficient (Wildman–Crippen LogP) is 5.92. The number of aliphatic hydroxyl groups is 1. The van der Waals surface area contributed by atoms with Gasteiger partial charge in [0.1, 0.15) is 11.3 Å². The standard InChI is InChI=1S/C31H23F3N6O4/c1-18-7-13-23(14-8-18)40-17-19(16-36-40)15-35-29(42)26(41)21-9-11-22(12-10-21)28-37-30(44-39-28)27-24(31(32,33)34)25(38-43-27)20-5-3-2-4-6-20/h2-14,16-17,26,41H,15H2,1H3,(H,35,42). The molecule has 0 aliphatic carbocycles. The fourth-order valence-electron chi connectivity index (χ4n) is 4.47. The molecule has 0 radical (unpaired) electrons. The second kappa shape index (κ2) is 11.6. The molecule has 1 atom stereocenters. The molecule has 0 bridgehead atoms. The van der Waals surface area contributed by atoms with Gasteiger partial charge in [-0.1, -0.05) is 82.6 Å². The molecular formula is C31H23F3N6O4. The molecule has 0 spiro atoms. The number of carbonyl (C=O) groups excluding carboxylic acids is 1. The van der Waals surface area contributed by atoms with Gasteiger partial charge in [0, 0.05) is 29.4 Å². The smallest absolute Gasteiger partial charge is 0.378 e. The van der Waals surface area contributed by atoms with E-state index >= 15 is 0 Å². The Kier molecular flexibility index (Phi) is 7.53. The molecule has 3 heterocycles. The molecule has 6 rings (SSSR count). The molecule has 3 aromatic heterocycles. The maximum absolute atomic E-state index is 14.0. The zero-order valence-corrected chi connectivity index (χ0v) is 23.0. The number of aromatic nitrogens is 5. The van der Waals surface area contributed by atoms with Crippen LogP contribution in [0.2, 0.25) is 0 Å². The van der Waals surface area contributed by atoms with Crippen molar-refractivity contribution in [1.82, 2.24) is 30.4 Å². The molecule has 13 heteroatoms. The Morgan fingerprint density at radius 2 is 1.68 bits per heavy atom. The van der Waals surface area contributed by atoms with Gasteiger partial charge in [0.2, 0.25) is 11.6 Å². The number of hydrogen-bond donors (Lipinski definition) is 2. The average molecular weight is 601 g/mol. The van der Waals surface area contributed by atoms with Crippen LogP contribution in [0.3, 0.4) is 0 Å². The van der Waals surface area contributed by atoms with Crippen LogP contribution in [0.4, 0.5) is 13.2 Å². The summed E-state index contributed by atoms with van der Waals surface area (Å²) >= 11 is 0. The number of rotatable bonds is 8. The third kappa shape index (κ3) is 5.85. The summed E-state index contributed by atoms with van der Waals surface area (Å²) < 4.78 is 53.9. The van der Waals surface area contributed by atoms with E-state index in [4.69, 9.17) is 9.05 Å². The normalized spacial score (nSPS) is 12.3. The van der Waals surface area contributed by atoms with E-state index in [1.807, 2.05) is 31.2 Å². The van der Waals surface area contributed by atoms with E-state index in [0.29, 0.717) is 5.56 Å². The number of aliphatic hydroxyl groups excluding tert-OH is 1. The number of halogens is 3. The monoisotopic (exact) mass is 600 g/mol. The lowest BCUT2D eigenvalue weighted by Gasteiger charge is -2.11. The molecule has 6 aromatic rings. The third-order valence-corrected chi connectivity index (χ3v) is 6.78. The number of benzene rings is 3. The predicted molar refractivity (Wildman–Crippen MR) is 151 cm³/mol. The number of amides is 1. The Balaban J connectivity index is 1.13. The van der Waals surface area contributed by atoms with Crippen LogP contribution in [0.25, 0.3) is 40.0 Å². The van der Waals surface area contributed by atoms with Crippen LogP contribution in [0, 0.1) is 6.92 Å². The van der Waals surface area contributed by atoms with Crippen LogP contribution >= 0.6 is 0 Å². The summed E-state index contributed by atoms with van der Waals surface area (Å²) in [6, 6.07) is 21.6. The molecule has 0 aliphatic rings. The summed E-state index contributed by atoms with van der Waals surface area (Å²) in [6.07, 6.45) is -2.88. The van der Waals surface area contributed by atoms with Gasteiger partial charge in [-0.15, -0.1) is 0 Å². The fraction of sp³-hybridized carbons (Fsp3) is 0.129. The molecular weight excluding hydrogens is 577 g/mol. The Morgan fingerprint density at radius 3 is 2.39 bits per heavy atom. The van der Waals surface area contributed by atoms with Gasteiger partial charge in [0.15, 0.2) is 6.10 Å². The molecule has 0 saturated heterocycles. The second-order valence-corrected chi connectivity index (χ2v) is 9.89. The molecule has 0 aliphatic heterocycles. The quantitative estimate of drug-likeness (QED) is 0.220. The van der Waals surface area contributed by atoms with Crippen LogP contribution in [-0.4, -0.2) is 36.1 Å². The van der Waals surface area contributed by atoms with Crippen molar-refractivity contribution in [1.29, 1.82) is 0 Å². The maximum Gasteiger partial charge on any atom is 0.422 e. The summed E-state index contributed by atoms with van der Waals surface area (Å²) in [5, 5.41) is 25.0. The highest BCUT2D eigenvalue weighted by molar-refractivity contribution is 5.82. The van der Waals surface area contributed by atoms with Crippen LogP contribution in [0.1, 0.15) is 28.4 Å². The van der Waals surface area contributed by atoms with Gasteiger partial charge in [0.05, 0.1) is 11.9 Å². The summed E-state index contributed by atoms with van der Waals surface area (Å²) in [7, 11) is 0. The zero-order chi connectivity index (χ0) is 30.8. The molecule has 222 valence electrons. The Morgan fingerprint density at radius 1 is 0.955 bits per heavy atom. The van der Waals surface area contributed by atoms with Gasteiger partial charge in [0.25, 0.3) is 11.8 Å². The molecule has 2 N–H and O–H groups in total. The first-order chi connectivity index (χ1) is 21.2. The van der Waals surface area contributed by atoms with Gasteiger partial charge in [-0.25, -0.2) is 4.68 Å². The van der Waals surface area contributed by atoms with Gasteiger partial charge in [-0.2, -0.15) is 23.3 Å². The Labute approximate surface area is 247 Å². The number of nitrogens with one attached hydrogen (secondary N) is 1. The minimum absolute atomic E-state index is 0.0261. The lowest BCUT2D eigenvalue weighted by molar-refractivity contribution is -0.137. The van der Waals surface area contributed by atoms with Gasteiger partial charge in [-0.3, -0.25) is 4.79 Å². The SMILES string of the molecule is Cc1ccc(-n2cc(CNC(=O)C(O)c3ccc(-c4noc(-c5onc(-c6ccccc6)c5C(F)(F)F)n4)cc3)cn2)cc1. The van der Waals surface area contributed by atoms with E-state index in [-0.39, 0.29) is 23.5 Å². The molecule has 1 unspecified atom stereocenters. The molecule has 44 heavy (non-hydrogen) atoms. The highest BCUT2D eigenvalue weighted by atomic mass is 19.4. The van der Waals surface area contributed by atoms with Crippen molar-refractivity contribution in [3.63, 3.8) is 0 Å². The van der Waals surface area contributed by atoms with Crippen molar-refractivity contribution in [2.24, 2.45) is 0 Å². The first-order valence-corrected chi connectivity index (χ1v) is 13.3. The lowest BCUT2D eigenvalue weighted by atomic mass is 10.1. The van der Waals surface area contributed by atoms with E-state index < -0.39 is 41.1 Å². The van der Waals surface area contributed by atoms with E-state index in [2.05, 4.69) is 25.7 Å². The average Bonchev–Trinajstić information content (AvgIpc) is 3.80. The van der Waals surface area contributed by atoms with Gasteiger partial charge in [-0.05, 0) is 24.6 Å². The summed E-state index contributed by atoms with van der Waals surface area (Å²) in [5.41, 5.74) is 2.08. The van der Waals surface area contributed by atoms with Crippen LogP contribution in [0.5, 0.6) is 0 Å². The van der Waals surface area contributed by atoms with Crippen molar-refractivity contribution < 1.29 is 32.1 Å². The summed E-state index contributed by atoms with van der Waals surface area (Å²) in [5.74, 6) is -1.86. The molecule has 10 nitrogen and oxygen atoms in total. The highest BCUT2D eigenvalue weighted by Gasteiger charge is 2.43. The van der Waals surface area contributed by atoms with Crippen molar-refractivity contribution in [2.75, 3.05) is 0 Å². The van der Waals surface area contributed by atoms with Crippen molar-refractivity contribution in [3.8, 4) is 40.0 Å². The number of alkyl halides is 3. The number of nitrogens with zero attached hydrogens (tertiary/aromatic N) is 5. The van der Waals surface area contributed by atoms with Gasteiger partial charge < -0.3 is 19.5 Å².